The van der Waals surface area contributed by atoms with Gasteiger partial charge in [-0.05, 0) is 51.5 Å². The molecule has 0 unspecified atom stereocenters. The van der Waals surface area contributed by atoms with Gasteiger partial charge in [0.05, 0.1) is 17.8 Å². The molecule has 0 bridgehead atoms. The summed E-state index contributed by atoms with van der Waals surface area (Å²) < 4.78 is 5.46. The number of fused-ring (bicyclic) bond motifs is 1. The van der Waals surface area contributed by atoms with Crippen LogP contribution >= 0.6 is 0 Å². The van der Waals surface area contributed by atoms with Gasteiger partial charge in [0.1, 0.15) is 5.75 Å². The molecule has 1 aliphatic heterocycles. The average molecular weight is 232 g/mol. The Morgan fingerprint density at radius 3 is 2.71 bits per heavy atom. The Kier molecular flexibility index (Phi) is 2.87. The largest absolute Gasteiger partial charge is 0.494 e. The van der Waals surface area contributed by atoms with Crippen LogP contribution in [0.3, 0.4) is 0 Å². The van der Waals surface area contributed by atoms with Crippen molar-refractivity contribution in [1.82, 2.24) is 0 Å². The maximum absolute atomic E-state index is 12.2. The van der Waals surface area contributed by atoms with Crippen LogP contribution in [0.15, 0.2) is 24.3 Å². The molecule has 3 heteroatoms. The van der Waals surface area contributed by atoms with Crippen LogP contribution < -0.4 is 9.80 Å². The minimum atomic E-state index is -0.482. The minimum absolute atomic E-state index is 0.482. The van der Waals surface area contributed by atoms with Crippen LogP contribution in [-0.4, -0.2) is 12.1 Å². The smallest absolute Gasteiger partial charge is 0.120 e. The molecule has 0 aromatic heterocycles. The van der Waals surface area contributed by atoms with Gasteiger partial charge in [0.25, 0.3) is 0 Å². The first-order valence-electron chi connectivity index (χ1n) is 5.90. The van der Waals surface area contributed by atoms with Crippen molar-refractivity contribution in [3.05, 3.63) is 29.8 Å². The molecule has 0 saturated carbocycles. The van der Waals surface area contributed by atoms with Gasteiger partial charge in [-0.25, -0.2) is 5.06 Å². The number of ether oxygens (including phenoxy) is 1. The summed E-state index contributed by atoms with van der Waals surface area (Å²) in [5.74, 6) is 0.812. The minimum Gasteiger partial charge on any atom is -0.494 e. The van der Waals surface area contributed by atoms with Crippen molar-refractivity contribution in [2.45, 2.75) is 33.2 Å². The lowest BCUT2D eigenvalue weighted by Crippen LogP contribution is -2.41. The van der Waals surface area contributed by atoms with Crippen LogP contribution in [-0.2, 0) is 5.21 Å². The van der Waals surface area contributed by atoms with E-state index in [2.05, 4.69) is 0 Å². The Labute approximate surface area is 102 Å². The molecule has 17 heavy (non-hydrogen) atoms. The molecule has 2 rings (SSSR count). The molecule has 91 valence electrons. The van der Waals surface area contributed by atoms with Crippen molar-refractivity contribution in [2.24, 2.45) is 0 Å². The third-order valence-corrected chi connectivity index (χ3v) is 3.02. The highest BCUT2D eigenvalue weighted by atomic mass is 16.5. The van der Waals surface area contributed by atoms with Gasteiger partial charge in [0.15, 0.2) is 0 Å². The summed E-state index contributed by atoms with van der Waals surface area (Å²) in [5, 5.41) is 13.2. The van der Waals surface area contributed by atoms with Crippen molar-refractivity contribution >= 4 is 11.3 Å². The Morgan fingerprint density at radius 1 is 1.35 bits per heavy atom. The Bertz CT molecular complexity index is 463. The number of benzene rings is 1. The van der Waals surface area contributed by atoms with Crippen LogP contribution in [0.4, 0.5) is 5.69 Å². The van der Waals surface area contributed by atoms with Gasteiger partial charge in [0.2, 0.25) is 0 Å². The number of rotatable bonds is 2. The number of hydroxylamine groups is 1. The summed E-state index contributed by atoms with van der Waals surface area (Å²) in [4.78, 5) is 0. The van der Waals surface area contributed by atoms with E-state index in [9.17, 15) is 5.21 Å². The van der Waals surface area contributed by atoms with Crippen molar-refractivity contribution in [1.29, 1.82) is 0 Å². The molecule has 0 fully saturated rings. The van der Waals surface area contributed by atoms with Crippen molar-refractivity contribution < 1.29 is 9.94 Å². The van der Waals surface area contributed by atoms with E-state index in [1.807, 2.05) is 52.0 Å². The van der Waals surface area contributed by atoms with E-state index in [4.69, 9.17) is 4.74 Å². The maximum atomic E-state index is 12.2. The zero-order chi connectivity index (χ0) is 12.6. The third kappa shape index (κ3) is 2.03. The van der Waals surface area contributed by atoms with Crippen LogP contribution in [0.5, 0.6) is 5.75 Å². The zero-order valence-electron chi connectivity index (χ0n) is 10.8. The Morgan fingerprint density at radius 2 is 2.06 bits per heavy atom. The van der Waals surface area contributed by atoms with Gasteiger partial charge in [-0.15, -0.1) is 0 Å². The first kappa shape index (κ1) is 12.0. The second-order valence-corrected chi connectivity index (χ2v) is 4.89. The molecule has 1 aliphatic rings. The highest BCUT2D eigenvalue weighted by Crippen LogP contribution is 2.39. The van der Waals surface area contributed by atoms with Gasteiger partial charge in [-0.3, -0.25) is 0 Å². The second kappa shape index (κ2) is 4.08. The second-order valence-electron chi connectivity index (χ2n) is 4.89. The number of nitrogens with zero attached hydrogens (tertiary/aromatic N) is 1. The summed E-state index contributed by atoms with van der Waals surface area (Å²) in [6.45, 7) is 8.45. The van der Waals surface area contributed by atoms with Crippen LogP contribution in [0.2, 0.25) is 0 Å². The number of hydrogen-bond donors (Lipinski definition) is 0. The van der Waals surface area contributed by atoms with Crippen molar-refractivity contribution in [2.75, 3.05) is 11.7 Å². The van der Waals surface area contributed by atoms with Gasteiger partial charge < -0.3 is 4.74 Å². The molecular formula is C14H18NO2. The molecule has 0 aliphatic carbocycles. The summed E-state index contributed by atoms with van der Waals surface area (Å²) in [6, 6.07) is 5.62. The highest BCUT2D eigenvalue weighted by molar-refractivity contribution is 5.81. The fourth-order valence-electron chi connectivity index (χ4n) is 2.24. The maximum Gasteiger partial charge on any atom is 0.120 e. The SMILES string of the molecule is CCOc1ccc2c(c1)C(C)=CC(C)(C)N2[O]. The lowest BCUT2D eigenvalue weighted by molar-refractivity contribution is 0.112. The van der Waals surface area contributed by atoms with Crippen LogP contribution in [0, 0.1) is 0 Å². The third-order valence-electron chi connectivity index (χ3n) is 3.02. The zero-order valence-corrected chi connectivity index (χ0v) is 10.8. The first-order valence-corrected chi connectivity index (χ1v) is 5.90. The summed E-state index contributed by atoms with van der Waals surface area (Å²) in [5.41, 5.74) is 2.33. The lowest BCUT2D eigenvalue weighted by Gasteiger charge is -2.36. The van der Waals surface area contributed by atoms with Crippen LogP contribution in [0.1, 0.15) is 33.3 Å². The van der Waals surface area contributed by atoms with Crippen molar-refractivity contribution in [3.8, 4) is 5.75 Å². The van der Waals surface area contributed by atoms with E-state index in [1.165, 1.54) is 0 Å². The van der Waals surface area contributed by atoms with Gasteiger partial charge in [0, 0.05) is 5.56 Å². The predicted octanol–water partition coefficient (Wildman–Crippen LogP) is 3.43. The quantitative estimate of drug-likeness (QED) is 0.782. The fraction of sp³-hybridized carbons (Fsp3) is 0.429. The molecule has 0 N–H and O–H groups in total. The molecule has 0 spiro atoms. The summed E-state index contributed by atoms with van der Waals surface area (Å²) in [6.07, 6.45) is 2.00. The standard InChI is InChI=1S/C14H18NO2/c1-5-17-11-6-7-13-12(8-11)10(2)9-14(3,4)15(13)16/h6-9H,5H2,1-4H3. The molecule has 1 aromatic carbocycles. The van der Waals surface area contributed by atoms with E-state index in [0.29, 0.717) is 6.61 Å². The number of anilines is 1. The molecule has 1 aromatic rings. The first-order chi connectivity index (χ1) is 7.95. The average Bonchev–Trinajstić information content (AvgIpc) is 2.26. The normalized spacial score (nSPS) is 17.5. The molecule has 0 saturated heterocycles. The van der Waals surface area contributed by atoms with Gasteiger partial charge >= 0.3 is 0 Å². The Balaban J connectivity index is 2.50. The van der Waals surface area contributed by atoms with E-state index < -0.39 is 5.54 Å². The summed E-state index contributed by atoms with van der Waals surface area (Å²) >= 11 is 0. The molecule has 1 heterocycles. The highest BCUT2D eigenvalue weighted by Gasteiger charge is 2.31. The molecule has 0 amide bonds. The molecular weight excluding hydrogens is 214 g/mol. The Hall–Kier alpha value is -1.48. The topological polar surface area (TPSA) is 32.4 Å². The monoisotopic (exact) mass is 232 g/mol. The lowest BCUT2D eigenvalue weighted by atomic mass is 9.91. The summed E-state index contributed by atoms with van der Waals surface area (Å²) in [7, 11) is 0. The fourth-order valence-corrected chi connectivity index (χ4v) is 2.24. The van der Waals surface area contributed by atoms with E-state index in [-0.39, 0.29) is 0 Å². The van der Waals surface area contributed by atoms with E-state index in [0.717, 1.165) is 27.6 Å². The number of allylic oxidation sites excluding steroid dienone is 1. The van der Waals surface area contributed by atoms with Gasteiger partial charge in [-0.1, -0.05) is 11.3 Å². The van der Waals surface area contributed by atoms with Crippen molar-refractivity contribution in [3.63, 3.8) is 0 Å². The van der Waals surface area contributed by atoms with Gasteiger partial charge in [-0.2, -0.15) is 0 Å². The number of hydrogen-bond acceptors (Lipinski definition) is 2. The molecule has 3 nitrogen and oxygen atoms in total. The van der Waals surface area contributed by atoms with Crippen LogP contribution in [0.25, 0.3) is 5.57 Å². The molecule has 0 atom stereocenters. The predicted molar refractivity (Wildman–Crippen MR) is 68.5 cm³/mol. The van der Waals surface area contributed by atoms with E-state index >= 15 is 0 Å². The molecule has 1 radical (unpaired) electrons. The van der Waals surface area contributed by atoms with E-state index in [1.54, 1.807) is 0 Å².